The first-order valence-electron chi connectivity index (χ1n) is 3.76. The van der Waals surface area contributed by atoms with Gasteiger partial charge in [-0.2, -0.15) is 0 Å². The van der Waals surface area contributed by atoms with Gasteiger partial charge in [0.25, 0.3) is 0 Å². The highest BCUT2D eigenvalue weighted by Crippen LogP contribution is 2.08. The van der Waals surface area contributed by atoms with Crippen LogP contribution in [0.1, 0.15) is 11.8 Å². The third-order valence-electron chi connectivity index (χ3n) is 1.25. The summed E-state index contributed by atoms with van der Waals surface area (Å²) >= 11 is 1.57. The molecule has 0 unspecified atom stereocenters. The lowest BCUT2D eigenvalue weighted by Crippen LogP contribution is -2.24. The number of carbonyl (C=O) groups is 1. The first-order chi connectivity index (χ1) is 5.83. The van der Waals surface area contributed by atoms with Gasteiger partial charge in [0.05, 0.1) is 13.0 Å². The topological polar surface area (TPSA) is 38.3 Å². The zero-order valence-electron chi connectivity index (χ0n) is 6.87. The average molecular weight is 185 g/mol. The van der Waals surface area contributed by atoms with Crippen molar-refractivity contribution in [2.24, 2.45) is 0 Å². The number of hydrogen-bond acceptors (Lipinski definition) is 3. The molecule has 1 aromatic heterocycles. The van der Waals surface area contributed by atoms with E-state index in [1.165, 1.54) is 0 Å². The van der Waals surface area contributed by atoms with Gasteiger partial charge in [-0.1, -0.05) is 6.07 Å². The SMILES string of the molecule is CCONC(=O)Cc1cccs1. The summed E-state index contributed by atoms with van der Waals surface area (Å²) in [6, 6.07) is 3.85. The van der Waals surface area contributed by atoms with Crippen molar-refractivity contribution in [1.29, 1.82) is 0 Å². The van der Waals surface area contributed by atoms with Crippen LogP contribution >= 0.6 is 11.3 Å². The molecule has 0 spiro atoms. The molecule has 0 saturated heterocycles. The fourth-order valence-electron chi connectivity index (χ4n) is 0.760. The third kappa shape index (κ3) is 3.02. The molecule has 66 valence electrons. The average Bonchev–Trinajstić information content (AvgIpc) is 2.53. The van der Waals surface area contributed by atoms with Crippen molar-refractivity contribution < 1.29 is 9.63 Å². The Hall–Kier alpha value is -0.870. The van der Waals surface area contributed by atoms with Gasteiger partial charge in [0.15, 0.2) is 0 Å². The van der Waals surface area contributed by atoms with Gasteiger partial charge in [0, 0.05) is 4.88 Å². The Labute approximate surface area is 75.3 Å². The maximum Gasteiger partial charge on any atom is 0.248 e. The molecule has 0 atom stereocenters. The predicted molar refractivity (Wildman–Crippen MR) is 47.8 cm³/mol. The maximum absolute atomic E-state index is 11.0. The molecular formula is C8H11NO2S. The summed E-state index contributed by atoms with van der Waals surface area (Å²) in [4.78, 5) is 16.8. The molecule has 0 radical (unpaired) electrons. The monoisotopic (exact) mass is 185 g/mol. The molecule has 0 bridgehead atoms. The lowest BCUT2D eigenvalue weighted by Gasteiger charge is -2.00. The quantitative estimate of drug-likeness (QED) is 0.719. The highest BCUT2D eigenvalue weighted by atomic mass is 32.1. The van der Waals surface area contributed by atoms with Crippen molar-refractivity contribution in [2.75, 3.05) is 6.61 Å². The summed E-state index contributed by atoms with van der Waals surface area (Å²) in [5.41, 5.74) is 2.34. The highest BCUT2D eigenvalue weighted by Gasteiger charge is 2.02. The molecule has 1 heterocycles. The number of nitrogens with one attached hydrogen (secondary N) is 1. The highest BCUT2D eigenvalue weighted by molar-refractivity contribution is 7.10. The second kappa shape index (κ2) is 4.90. The minimum absolute atomic E-state index is 0.0979. The van der Waals surface area contributed by atoms with Crippen LogP contribution in [-0.4, -0.2) is 12.5 Å². The number of hydrogen-bond donors (Lipinski definition) is 1. The molecule has 4 heteroatoms. The van der Waals surface area contributed by atoms with Crippen LogP contribution < -0.4 is 5.48 Å². The molecular weight excluding hydrogens is 174 g/mol. The molecule has 1 rings (SSSR count). The minimum atomic E-state index is -0.0979. The number of rotatable bonds is 4. The van der Waals surface area contributed by atoms with Gasteiger partial charge in [0.2, 0.25) is 5.91 Å². The fourth-order valence-corrected chi connectivity index (χ4v) is 1.46. The molecule has 3 nitrogen and oxygen atoms in total. The predicted octanol–water partition coefficient (Wildman–Crippen LogP) is 1.36. The Morgan fingerprint density at radius 3 is 3.17 bits per heavy atom. The van der Waals surface area contributed by atoms with Crippen molar-refractivity contribution in [1.82, 2.24) is 5.48 Å². The van der Waals surface area contributed by atoms with Crippen LogP contribution in [0, 0.1) is 0 Å². The molecule has 1 aromatic rings. The van der Waals surface area contributed by atoms with Crippen molar-refractivity contribution >= 4 is 17.2 Å². The molecule has 0 aliphatic heterocycles. The largest absolute Gasteiger partial charge is 0.274 e. The second-order valence-electron chi connectivity index (χ2n) is 2.21. The lowest BCUT2D eigenvalue weighted by atomic mass is 10.3. The van der Waals surface area contributed by atoms with Crippen molar-refractivity contribution in [3.05, 3.63) is 22.4 Å². The van der Waals surface area contributed by atoms with E-state index in [4.69, 9.17) is 4.84 Å². The van der Waals surface area contributed by atoms with Gasteiger partial charge in [-0.3, -0.25) is 9.63 Å². The second-order valence-corrected chi connectivity index (χ2v) is 3.25. The minimum Gasteiger partial charge on any atom is -0.274 e. The summed E-state index contributed by atoms with van der Waals surface area (Å²) in [6.07, 6.45) is 0.400. The van der Waals surface area contributed by atoms with E-state index in [9.17, 15) is 4.79 Å². The van der Waals surface area contributed by atoms with Crippen LogP contribution in [0.5, 0.6) is 0 Å². The Morgan fingerprint density at radius 2 is 2.58 bits per heavy atom. The van der Waals surface area contributed by atoms with E-state index in [1.54, 1.807) is 11.3 Å². The van der Waals surface area contributed by atoms with E-state index < -0.39 is 0 Å². The van der Waals surface area contributed by atoms with Crippen LogP contribution in [0.25, 0.3) is 0 Å². The standard InChI is InChI=1S/C8H11NO2S/c1-2-11-9-8(10)6-7-4-3-5-12-7/h3-5H,2,6H2,1H3,(H,9,10). The van der Waals surface area contributed by atoms with Crippen LogP contribution in [0.2, 0.25) is 0 Å². The van der Waals surface area contributed by atoms with Crippen LogP contribution in [0.3, 0.4) is 0 Å². The third-order valence-corrected chi connectivity index (χ3v) is 2.12. The van der Waals surface area contributed by atoms with Crippen LogP contribution in [0.4, 0.5) is 0 Å². The molecule has 0 saturated carbocycles. The van der Waals surface area contributed by atoms with Crippen LogP contribution in [-0.2, 0) is 16.1 Å². The maximum atomic E-state index is 11.0. The first-order valence-corrected chi connectivity index (χ1v) is 4.64. The Morgan fingerprint density at radius 1 is 1.75 bits per heavy atom. The molecule has 1 amide bonds. The molecule has 1 N–H and O–H groups in total. The molecule has 0 aromatic carbocycles. The lowest BCUT2D eigenvalue weighted by molar-refractivity contribution is -0.132. The molecule has 12 heavy (non-hydrogen) atoms. The van der Waals surface area contributed by atoms with Gasteiger partial charge < -0.3 is 0 Å². The van der Waals surface area contributed by atoms with E-state index in [1.807, 2.05) is 24.4 Å². The van der Waals surface area contributed by atoms with E-state index in [-0.39, 0.29) is 5.91 Å². The fraction of sp³-hybridized carbons (Fsp3) is 0.375. The van der Waals surface area contributed by atoms with Crippen molar-refractivity contribution in [3.63, 3.8) is 0 Å². The summed E-state index contributed by atoms with van der Waals surface area (Å²) in [5, 5.41) is 1.95. The zero-order valence-corrected chi connectivity index (χ0v) is 7.69. The summed E-state index contributed by atoms with van der Waals surface area (Å²) < 4.78 is 0. The van der Waals surface area contributed by atoms with E-state index >= 15 is 0 Å². The number of thiophene rings is 1. The van der Waals surface area contributed by atoms with E-state index in [0.717, 1.165) is 4.88 Å². The Bertz CT molecular complexity index is 233. The smallest absolute Gasteiger partial charge is 0.248 e. The van der Waals surface area contributed by atoms with Gasteiger partial charge in [0.1, 0.15) is 0 Å². The first kappa shape index (κ1) is 9.22. The summed E-state index contributed by atoms with van der Waals surface area (Å²) in [5.74, 6) is -0.0979. The zero-order chi connectivity index (χ0) is 8.81. The summed E-state index contributed by atoms with van der Waals surface area (Å²) in [6.45, 7) is 2.32. The van der Waals surface area contributed by atoms with E-state index in [2.05, 4.69) is 5.48 Å². The van der Waals surface area contributed by atoms with Gasteiger partial charge in [-0.25, -0.2) is 5.48 Å². The van der Waals surface area contributed by atoms with E-state index in [0.29, 0.717) is 13.0 Å². The Balaban J connectivity index is 2.27. The number of hydroxylamine groups is 1. The number of amides is 1. The van der Waals surface area contributed by atoms with Crippen molar-refractivity contribution in [3.8, 4) is 0 Å². The van der Waals surface area contributed by atoms with Gasteiger partial charge >= 0.3 is 0 Å². The molecule has 0 fully saturated rings. The van der Waals surface area contributed by atoms with Gasteiger partial charge in [-0.05, 0) is 18.4 Å². The van der Waals surface area contributed by atoms with Gasteiger partial charge in [-0.15, -0.1) is 11.3 Å². The van der Waals surface area contributed by atoms with Crippen LogP contribution in [0.15, 0.2) is 17.5 Å². The Kier molecular flexibility index (Phi) is 3.76. The molecule has 0 aliphatic rings. The summed E-state index contributed by atoms with van der Waals surface area (Å²) in [7, 11) is 0. The normalized spacial score (nSPS) is 9.75. The molecule has 0 aliphatic carbocycles. The van der Waals surface area contributed by atoms with Crippen molar-refractivity contribution in [2.45, 2.75) is 13.3 Å². The number of carbonyl (C=O) groups excluding carboxylic acids is 1.